The summed E-state index contributed by atoms with van der Waals surface area (Å²) in [5, 5.41) is 10.6. The minimum atomic E-state index is -0.852. The summed E-state index contributed by atoms with van der Waals surface area (Å²) in [6.45, 7) is 6.82. The lowest BCUT2D eigenvalue weighted by Gasteiger charge is -2.14. The van der Waals surface area contributed by atoms with Crippen molar-refractivity contribution in [2.75, 3.05) is 0 Å². The first kappa shape index (κ1) is 15.3. The van der Waals surface area contributed by atoms with Crippen LogP contribution in [0.3, 0.4) is 0 Å². The van der Waals surface area contributed by atoms with Crippen molar-refractivity contribution in [1.29, 1.82) is 0 Å². The van der Waals surface area contributed by atoms with Gasteiger partial charge < -0.3 is 9.67 Å². The van der Waals surface area contributed by atoms with Crippen molar-refractivity contribution in [2.24, 2.45) is 0 Å². The molecule has 2 aromatic carbocycles. The van der Waals surface area contributed by atoms with Crippen LogP contribution >= 0.6 is 0 Å². The normalized spacial score (nSPS) is 11.3. The van der Waals surface area contributed by atoms with E-state index in [9.17, 15) is 9.90 Å². The number of fused-ring (bicyclic) bond motifs is 1. The second-order valence-electron chi connectivity index (χ2n) is 6.31. The van der Waals surface area contributed by atoms with Crippen LogP contribution in [0.25, 0.3) is 10.9 Å². The molecule has 0 spiro atoms. The van der Waals surface area contributed by atoms with Gasteiger partial charge in [-0.3, -0.25) is 0 Å². The molecule has 0 bridgehead atoms. The van der Waals surface area contributed by atoms with Crippen LogP contribution < -0.4 is 0 Å². The second-order valence-corrected chi connectivity index (χ2v) is 6.31. The van der Waals surface area contributed by atoms with Crippen molar-refractivity contribution in [3.05, 3.63) is 70.9 Å². The number of aromatic nitrogens is 1. The Bertz CT molecular complexity index is 860. The van der Waals surface area contributed by atoms with E-state index in [1.807, 2.05) is 37.3 Å². The molecule has 3 aromatic rings. The van der Waals surface area contributed by atoms with Crippen LogP contribution in [0, 0.1) is 6.92 Å². The van der Waals surface area contributed by atoms with Crippen LogP contribution in [-0.2, 0) is 6.54 Å². The van der Waals surface area contributed by atoms with Gasteiger partial charge in [0.15, 0.2) is 0 Å². The molecular weight excluding hydrogens is 286 g/mol. The fourth-order valence-corrected chi connectivity index (χ4v) is 3.24. The van der Waals surface area contributed by atoms with Crippen molar-refractivity contribution in [3.8, 4) is 0 Å². The predicted octanol–water partition coefficient (Wildman–Crippen LogP) is 4.82. The maximum Gasteiger partial charge on any atom is 0.338 e. The summed E-state index contributed by atoms with van der Waals surface area (Å²) in [4.78, 5) is 11.9. The van der Waals surface area contributed by atoms with E-state index < -0.39 is 5.97 Å². The summed E-state index contributed by atoms with van der Waals surface area (Å²) in [6, 6.07) is 16.2. The average Bonchev–Trinajstić information content (AvgIpc) is 2.82. The van der Waals surface area contributed by atoms with Gasteiger partial charge in [0.05, 0.1) is 5.56 Å². The highest BCUT2D eigenvalue weighted by atomic mass is 16.4. The first-order chi connectivity index (χ1) is 11.0. The highest BCUT2D eigenvalue weighted by Crippen LogP contribution is 2.32. The summed E-state index contributed by atoms with van der Waals surface area (Å²) in [7, 11) is 0. The molecule has 0 unspecified atom stereocenters. The first-order valence-corrected chi connectivity index (χ1v) is 7.89. The molecule has 23 heavy (non-hydrogen) atoms. The number of hydrogen-bond donors (Lipinski definition) is 1. The fourth-order valence-electron chi connectivity index (χ4n) is 3.24. The summed E-state index contributed by atoms with van der Waals surface area (Å²) >= 11 is 0. The van der Waals surface area contributed by atoms with Crippen LogP contribution in [0.1, 0.15) is 46.9 Å². The van der Waals surface area contributed by atoms with E-state index >= 15 is 0 Å². The number of aromatic carboxylic acids is 1. The van der Waals surface area contributed by atoms with Crippen molar-refractivity contribution < 1.29 is 9.90 Å². The lowest BCUT2D eigenvalue weighted by Crippen LogP contribution is -2.09. The zero-order valence-corrected chi connectivity index (χ0v) is 13.7. The number of aryl methyl sites for hydroxylation is 1. The Hall–Kier alpha value is -2.55. The van der Waals surface area contributed by atoms with Gasteiger partial charge in [0.1, 0.15) is 0 Å². The molecular formula is C20H21NO2. The Kier molecular flexibility index (Phi) is 3.95. The monoisotopic (exact) mass is 307 g/mol. The second kappa shape index (κ2) is 5.92. The molecule has 0 amide bonds. The summed E-state index contributed by atoms with van der Waals surface area (Å²) in [5.41, 5.74) is 4.63. The van der Waals surface area contributed by atoms with E-state index in [4.69, 9.17) is 0 Å². The molecule has 3 heteroatoms. The number of carbonyl (C=O) groups is 1. The van der Waals surface area contributed by atoms with E-state index in [0.29, 0.717) is 12.1 Å². The maximum atomic E-state index is 11.9. The third-order valence-corrected chi connectivity index (χ3v) is 4.20. The molecule has 1 N–H and O–H groups in total. The van der Waals surface area contributed by atoms with Gasteiger partial charge in [-0.2, -0.15) is 0 Å². The molecule has 3 nitrogen and oxygen atoms in total. The number of nitrogens with zero attached hydrogens (tertiary/aromatic N) is 1. The third kappa shape index (κ3) is 2.74. The van der Waals surface area contributed by atoms with Gasteiger partial charge in [0, 0.05) is 23.1 Å². The van der Waals surface area contributed by atoms with Gasteiger partial charge in [-0.15, -0.1) is 0 Å². The van der Waals surface area contributed by atoms with Gasteiger partial charge in [-0.25, -0.2) is 4.79 Å². The van der Waals surface area contributed by atoms with Crippen molar-refractivity contribution in [2.45, 2.75) is 33.2 Å². The smallest absolute Gasteiger partial charge is 0.338 e. The largest absolute Gasteiger partial charge is 0.478 e. The highest BCUT2D eigenvalue weighted by Gasteiger charge is 2.24. The topological polar surface area (TPSA) is 42.2 Å². The van der Waals surface area contributed by atoms with Crippen LogP contribution in [-0.4, -0.2) is 15.6 Å². The molecule has 0 saturated carbocycles. The molecule has 0 atom stereocenters. The molecule has 0 aliphatic heterocycles. The highest BCUT2D eigenvalue weighted by molar-refractivity contribution is 6.05. The standard InChI is InChI=1S/C20H21NO2/c1-13(2)19-18(20(22)23)16-10-9-14(3)11-17(16)21(19)12-15-7-5-4-6-8-15/h4-11,13H,12H2,1-3H3,(H,22,23). The molecule has 0 aliphatic rings. The molecule has 0 fully saturated rings. The van der Waals surface area contributed by atoms with Gasteiger partial charge in [-0.05, 0) is 30.0 Å². The lowest BCUT2D eigenvalue weighted by atomic mass is 10.0. The number of rotatable bonds is 4. The lowest BCUT2D eigenvalue weighted by molar-refractivity contribution is 0.0697. The Morgan fingerprint density at radius 2 is 1.83 bits per heavy atom. The molecule has 0 saturated heterocycles. The van der Waals surface area contributed by atoms with Crippen LogP contribution in [0.4, 0.5) is 0 Å². The fraction of sp³-hybridized carbons (Fsp3) is 0.250. The number of hydrogen-bond acceptors (Lipinski definition) is 1. The van der Waals surface area contributed by atoms with Crippen molar-refractivity contribution in [3.63, 3.8) is 0 Å². The van der Waals surface area contributed by atoms with E-state index in [1.54, 1.807) is 0 Å². The van der Waals surface area contributed by atoms with Crippen LogP contribution in [0.2, 0.25) is 0 Å². The van der Waals surface area contributed by atoms with E-state index in [1.165, 1.54) is 5.56 Å². The van der Waals surface area contributed by atoms with Gasteiger partial charge >= 0.3 is 5.97 Å². The zero-order valence-electron chi connectivity index (χ0n) is 13.7. The SMILES string of the molecule is Cc1ccc2c(C(=O)O)c(C(C)C)n(Cc3ccccc3)c2c1. The minimum absolute atomic E-state index is 0.137. The number of carboxylic acid groups (broad SMARTS) is 1. The summed E-state index contributed by atoms with van der Waals surface area (Å²) in [5.74, 6) is -0.716. The summed E-state index contributed by atoms with van der Waals surface area (Å²) in [6.07, 6.45) is 0. The quantitative estimate of drug-likeness (QED) is 0.751. The summed E-state index contributed by atoms with van der Waals surface area (Å²) < 4.78 is 2.16. The van der Waals surface area contributed by atoms with Gasteiger partial charge in [0.2, 0.25) is 0 Å². The first-order valence-electron chi connectivity index (χ1n) is 7.89. The molecule has 118 valence electrons. The van der Waals surface area contributed by atoms with Crippen LogP contribution in [0.15, 0.2) is 48.5 Å². The maximum absolute atomic E-state index is 11.9. The average molecular weight is 307 g/mol. The molecule has 3 rings (SSSR count). The Morgan fingerprint density at radius 1 is 1.13 bits per heavy atom. The minimum Gasteiger partial charge on any atom is -0.478 e. The predicted molar refractivity (Wildman–Crippen MR) is 93.3 cm³/mol. The van der Waals surface area contributed by atoms with E-state index in [2.05, 4.69) is 36.6 Å². The molecule has 1 heterocycles. The van der Waals surface area contributed by atoms with Gasteiger partial charge in [-0.1, -0.05) is 56.3 Å². The van der Waals surface area contributed by atoms with Crippen molar-refractivity contribution in [1.82, 2.24) is 4.57 Å². The molecule has 0 aliphatic carbocycles. The molecule has 0 radical (unpaired) electrons. The Morgan fingerprint density at radius 3 is 2.43 bits per heavy atom. The number of benzene rings is 2. The van der Waals surface area contributed by atoms with E-state index in [-0.39, 0.29) is 5.92 Å². The van der Waals surface area contributed by atoms with Gasteiger partial charge in [0.25, 0.3) is 0 Å². The van der Waals surface area contributed by atoms with E-state index in [0.717, 1.165) is 22.2 Å². The molecule has 1 aromatic heterocycles. The number of carboxylic acids is 1. The van der Waals surface area contributed by atoms with Crippen LogP contribution in [0.5, 0.6) is 0 Å². The Balaban J connectivity index is 2.31. The third-order valence-electron chi connectivity index (χ3n) is 4.20. The Labute approximate surface area is 136 Å². The van der Waals surface area contributed by atoms with Crippen molar-refractivity contribution >= 4 is 16.9 Å². The zero-order chi connectivity index (χ0) is 16.6.